The molecule has 0 unspecified atom stereocenters. The molecule has 1 aromatic rings. The quantitative estimate of drug-likeness (QED) is 0.755. The third kappa shape index (κ3) is 3.01. The van der Waals surface area contributed by atoms with Gasteiger partial charge in [-0.2, -0.15) is 0 Å². The van der Waals surface area contributed by atoms with Crippen molar-refractivity contribution in [1.82, 2.24) is 0 Å². The molecule has 0 radical (unpaired) electrons. The van der Waals surface area contributed by atoms with Crippen molar-refractivity contribution in [2.24, 2.45) is 0 Å². The molecular weight excluding hydrogens is 196 g/mol. The van der Waals surface area contributed by atoms with Gasteiger partial charge >= 0.3 is 0 Å². The molecule has 0 saturated carbocycles. The van der Waals surface area contributed by atoms with Crippen LogP contribution in [0.4, 0.5) is 0 Å². The Labute approximate surface area is 99.5 Å². The Kier molecular flexibility index (Phi) is 4.85. The zero-order chi connectivity index (χ0) is 12.1. The van der Waals surface area contributed by atoms with E-state index in [2.05, 4.69) is 39.8 Å². The molecule has 1 rings (SSSR count). The first kappa shape index (κ1) is 13.1. The minimum Gasteiger partial charge on any atom is -0.507 e. The first-order chi connectivity index (χ1) is 7.57. The Morgan fingerprint density at radius 2 is 1.75 bits per heavy atom. The minimum atomic E-state index is 0.387. The van der Waals surface area contributed by atoms with E-state index >= 15 is 0 Å². The summed E-state index contributed by atoms with van der Waals surface area (Å²) in [6.45, 7) is 8.65. The largest absolute Gasteiger partial charge is 0.507 e. The smallest absolute Gasteiger partial charge is 0.122 e. The average Bonchev–Trinajstić information content (AvgIpc) is 2.25. The highest BCUT2D eigenvalue weighted by Gasteiger charge is 2.14. The third-order valence-corrected chi connectivity index (χ3v) is 3.24. The lowest BCUT2D eigenvalue weighted by Gasteiger charge is -2.17. The van der Waals surface area contributed by atoms with Gasteiger partial charge in [0.1, 0.15) is 5.75 Å². The van der Waals surface area contributed by atoms with Crippen molar-refractivity contribution in [2.75, 3.05) is 0 Å². The van der Waals surface area contributed by atoms with Crippen LogP contribution in [0, 0.1) is 0 Å². The maximum atomic E-state index is 10.2. The van der Waals surface area contributed by atoms with Crippen LogP contribution in [-0.4, -0.2) is 5.11 Å². The number of para-hydroxylation sites is 1. The molecule has 1 heteroatoms. The van der Waals surface area contributed by atoms with Gasteiger partial charge in [0.25, 0.3) is 0 Å². The lowest BCUT2D eigenvalue weighted by Crippen LogP contribution is -1.97. The van der Waals surface area contributed by atoms with Gasteiger partial charge in [0, 0.05) is 0 Å². The standard InChI is InChI=1S/C15H24O/c1-5-6-8-12(4)14-10-7-9-13(11(2)3)15(14)16/h7,9-12,16H,5-6,8H2,1-4H3/t12-/m1/s1. The number of aromatic hydroxyl groups is 1. The number of benzene rings is 1. The summed E-state index contributed by atoms with van der Waals surface area (Å²) in [5.74, 6) is 1.36. The zero-order valence-corrected chi connectivity index (χ0v) is 11.0. The first-order valence-electron chi connectivity index (χ1n) is 6.39. The maximum absolute atomic E-state index is 10.2. The minimum absolute atomic E-state index is 0.387. The molecule has 0 bridgehead atoms. The first-order valence-corrected chi connectivity index (χ1v) is 6.39. The number of hydrogen-bond donors (Lipinski definition) is 1. The van der Waals surface area contributed by atoms with Gasteiger partial charge in [0.05, 0.1) is 0 Å². The van der Waals surface area contributed by atoms with Crippen molar-refractivity contribution in [3.8, 4) is 5.75 Å². The molecule has 1 atom stereocenters. The molecule has 0 amide bonds. The van der Waals surface area contributed by atoms with Gasteiger partial charge in [-0.15, -0.1) is 0 Å². The predicted molar refractivity (Wildman–Crippen MR) is 70.1 cm³/mol. The normalized spacial score (nSPS) is 13.1. The Morgan fingerprint density at radius 3 is 2.31 bits per heavy atom. The van der Waals surface area contributed by atoms with E-state index in [1.54, 1.807) is 0 Å². The van der Waals surface area contributed by atoms with Crippen molar-refractivity contribution >= 4 is 0 Å². The highest BCUT2D eigenvalue weighted by molar-refractivity contribution is 5.43. The van der Waals surface area contributed by atoms with Crippen LogP contribution in [0.1, 0.15) is 69.9 Å². The molecule has 90 valence electrons. The Bertz CT molecular complexity index is 328. The molecule has 0 spiro atoms. The van der Waals surface area contributed by atoms with Gasteiger partial charge in [-0.3, -0.25) is 0 Å². The second-order valence-corrected chi connectivity index (χ2v) is 4.98. The third-order valence-electron chi connectivity index (χ3n) is 3.24. The van der Waals surface area contributed by atoms with E-state index in [4.69, 9.17) is 0 Å². The number of phenols is 1. The van der Waals surface area contributed by atoms with Crippen LogP contribution in [0.25, 0.3) is 0 Å². The summed E-state index contributed by atoms with van der Waals surface area (Å²) in [4.78, 5) is 0. The number of phenolic OH excluding ortho intramolecular Hbond substituents is 1. The van der Waals surface area contributed by atoms with Crippen LogP contribution in [0.2, 0.25) is 0 Å². The fraction of sp³-hybridized carbons (Fsp3) is 0.600. The van der Waals surface area contributed by atoms with E-state index in [0.717, 1.165) is 17.5 Å². The fourth-order valence-corrected chi connectivity index (χ4v) is 2.11. The van der Waals surface area contributed by atoms with Crippen molar-refractivity contribution in [2.45, 2.75) is 58.8 Å². The van der Waals surface area contributed by atoms with E-state index in [-0.39, 0.29) is 0 Å². The fourth-order valence-electron chi connectivity index (χ4n) is 2.11. The summed E-state index contributed by atoms with van der Waals surface area (Å²) in [6.07, 6.45) is 3.60. The Hall–Kier alpha value is -0.980. The summed E-state index contributed by atoms with van der Waals surface area (Å²) in [5.41, 5.74) is 2.18. The average molecular weight is 220 g/mol. The zero-order valence-electron chi connectivity index (χ0n) is 11.0. The summed E-state index contributed by atoms with van der Waals surface area (Å²) in [7, 11) is 0. The number of rotatable bonds is 5. The van der Waals surface area contributed by atoms with E-state index < -0.39 is 0 Å². The molecule has 0 aromatic heterocycles. The van der Waals surface area contributed by atoms with Gasteiger partial charge in [-0.1, -0.05) is 58.7 Å². The van der Waals surface area contributed by atoms with Gasteiger partial charge < -0.3 is 5.11 Å². The molecule has 0 heterocycles. The van der Waals surface area contributed by atoms with Crippen LogP contribution >= 0.6 is 0 Å². The van der Waals surface area contributed by atoms with E-state index in [1.807, 2.05) is 6.07 Å². The van der Waals surface area contributed by atoms with Gasteiger partial charge in [0.15, 0.2) is 0 Å². The molecule has 16 heavy (non-hydrogen) atoms. The van der Waals surface area contributed by atoms with Crippen molar-refractivity contribution in [1.29, 1.82) is 0 Å². The molecule has 0 aliphatic rings. The molecule has 0 saturated heterocycles. The SMILES string of the molecule is CCCC[C@@H](C)c1cccc(C(C)C)c1O. The molecule has 0 aliphatic carbocycles. The molecule has 0 aliphatic heterocycles. The predicted octanol–water partition coefficient (Wildman–Crippen LogP) is 4.81. The van der Waals surface area contributed by atoms with E-state index in [9.17, 15) is 5.11 Å². The van der Waals surface area contributed by atoms with Gasteiger partial charge in [-0.05, 0) is 29.4 Å². The van der Waals surface area contributed by atoms with Gasteiger partial charge in [-0.25, -0.2) is 0 Å². The van der Waals surface area contributed by atoms with Gasteiger partial charge in [0.2, 0.25) is 0 Å². The Balaban J connectivity index is 2.91. The summed E-state index contributed by atoms with van der Waals surface area (Å²) in [6, 6.07) is 6.14. The molecular formula is C15H24O. The van der Waals surface area contributed by atoms with Crippen LogP contribution in [-0.2, 0) is 0 Å². The molecule has 1 N–H and O–H groups in total. The Morgan fingerprint density at radius 1 is 1.12 bits per heavy atom. The second kappa shape index (κ2) is 5.93. The van der Waals surface area contributed by atoms with Crippen LogP contribution < -0.4 is 0 Å². The summed E-state index contributed by atoms with van der Waals surface area (Å²) in [5, 5.41) is 10.2. The summed E-state index contributed by atoms with van der Waals surface area (Å²) < 4.78 is 0. The molecule has 1 nitrogen and oxygen atoms in total. The second-order valence-electron chi connectivity index (χ2n) is 4.98. The topological polar surface area (TPSA) is 20.2 Å². The monoisotopic (exact) mass is 220 g/mol. The lowest BCUT2D eigenvalue weighted by molar-refractivity contribution is 0.449. The summed E-state index contributed by atoms with van der Waals surface area (Å²) >= 11 is 0. The van der Waals surface area contributed by atoms with Crippen molar-refractivity contribution in [3.05, 3.63) is 29.3 Å². The van der Waals surface area contributed by atoms with E-state index in [1.165, 1.54) is 12.8 Å². The van der Waals surface area contributed by atoms with Crippen LogP contribution in [0.3, 0.4) is 0 Å². The number of unbranched alkanes of at least 4 members (excludes halogenated alkanes) is 1. The van der Waals surface area contributed by atoms with E-state index in [0.29, 0.717) is 17.6 Å². The molecule has 0 fully saturated rings. The lowest BCUT2D eigenvalue weighted by atomic mass is 9.90. The highest BCUT2D eigenvalue weighted by Crippen LogP contribution is 2.35. The number of hydrogen-bond acceptors (Lipinski definition) is 1. The van der Waals surface area contributed by atoms with Crippen LogP contribution in [0.5, 0.6) is 5.75 Å². The maximum Gasteiger partial charge on any atom is 0.122 e. The van der Waals surface area contributed by atoms with Crippen molar-refractivity contribution < 1.29 is 5.11 Å². The molecule has 1 aromatic carbocycles. The van der Waals surface area contributed by atoms with Crippen LogP contribution in [0.15, 0.2) is 18.2 Å². The highest BCUT2D eigenvalue weighted by atomic mass is 16.3. The van der Waals surface area contributed by atoms with Crippen molar-refractivity contribution in [3.63, 3.8) is 0 Å².